The highest BCUT2D eigenvalue weighted by Gasteiger charge is 2.30. The van der Waals surface area contributed by atoms with Crippen molar-refractivity contribution >= 4 is 38.5 Å². The van der Waals surface area contributed by atoms with Gasteiger partial charge in [-0.05, 0) is 75.2 Å². The average molecular weight is 447 g/mol. The van der Waals surface area contributed by atoms with Crippen LogP contribution in [0.1, 0.15) is 22.3 Å². The highest BCUT2D eigenvalue weighted by Crippen LogP contribution is 2.50. The third-order valence-electron chi connectivity index (χ3n) is 7.96. The minimum absolute atomic E-state index is 0.914. The van der Waals surface area contributed by atoms with Gasteiger partial charge in [0.15, 0.2) is 0 Å². The van der Waals surface area contributed by atoms with E-state index in [0.717, 1.165) is 51.3 Å². The third-order valence-corrected chi connectivity index (χ3v) is 7.96. The number of hydrogen-bond acceptors (Lipinski definition) is 3. The summed E-state index contributed by atoms with van der Waals surface area (Å²) in [4.78, 5) is 14.4. The number of rotatable bonds is 0. The lowest BCUT2D eigenvalue weighted by molar-refractivity contribution is 1.24. The first kappa shape index (κ1) is 17.8. The molecule has 0 unspecified atom stereocenters. The lowest BCUT2D eigenvalue weighted by Gasteiger charge is -2.10. The molecule has 35 heavy (non-hydrogen) atoms. The Morgan fingerprint density at radius 2 is 1.51 bits per heavy atom. The van der Waals surface area contributed by atoms with E-state index in [2.05, 4.69) is 70.0 Å². The van der Waals surface area contributed by atoms with Gasteiger partial charge in [0, 0.05) is 35.8 Å². The Morgan fingerprint density at radius 1 is 0.629 bits per heavy atom. The molecule has 4 heterocycles. The first-order valence-electron chi connectivity index (χ1n) is 12.0. The summed E-state index contributed by atoms with van der Waals surface area (Å²) in [7, 11) is 0. The number of pyridine rings is 3. The predicted octanol–water partition coefficient (Wildman–Crippen LogP) is 6.73. The number of aromatic nitrogens is 4. The zero-order valence-electron chi connectivity index (χ0n) is 18.8. The summed E-state index contributed by atoms with van der Waals surface area (Å²) in [6.45, 7) is 0. The van der Waals surface area contributed by atoms with Gasteiger partial charge in [-0.3, -0.25) is 14.4 Å². The number of imidazole rings is 1. The monoisotopic (exact) mass is 446 g/mol. The fourth-order valence-corrected chi connectivity index (χ4v) is 6.51. The number of nitrogens with zero attached hydrogens (tertiary/aromatic N) is 4. The summed E-state index contributed by atoms with van der Waals surface area (Å²) >= 11 is 0. The largest absolute Gasteiger partial charge is 0.291 e. The molecule has 0 radical (unpaired) electrons. The molecule has 162 valence electrons. The molecule has 0 spiro atoms. The zero-order chi connectivity index (χ0) is 22.7. The Morgan fingerprint density at radius 3 is 2.49 bits per heavy atom. The van der Waals surface area contributed by atoms with Crippen LogP contribution in [0.4, 0.5) is 0 Å². The van der Waals surface area contributed by atoms with Crippen LogP contribution in [0.2, 0.25) is 0 Å². The summed E-state index contributed by atoms with van der Waals surface area (Å²) in [5.74, 6) is 0. The molecule has 0 aliphatic heterocycles. The van der Waals surface area contributed by atoms with Gasteiger partial charge < -0.3 is 0 Å². The van der Waals surface area contributed by atoms with Crippen LogP contribution in [0.3, 0.4) is 0 Å². The second-order valence-corrected chi connectivity index (χ2v) is 9.67. The van der Waals surface area contributed by atoms with E-state index in [-0.39, 0.29) is 0 Å². The summed E-state index contributed by atoms with van der Waals surface area (Å²) in [5, 5.41) is 2.11. The van der Waals surface area contributed by atoms with Crippen LogP contribution < -0.4 is 0 Å². The van der Waals surface area contributed by atoms with Gasteiger partial charge in [-0.15, -0.1) is 0 Å². The van der Waals surface area contributed by atoms with Crippen LogP contribution in [-0.2, 0) is 12.8 Å². The van der Waals surface area contributed by atoms with Crippen molar-refractivity contribution in [1.82, 2.24) is 19.4 Å². The van der Waals surface area contributed by atoms with Crippen LogP contribution >= 0.6 is 0 Å². The quantitative estimate of drug-likeness (QED) is 0.243. The number of fused-ring (bicyclic) bond motifs is 16. The third kappa shape index (κ3) is 2.11. The standard InChI is InChI=1S/C31H18N4/c1-2-5-20-17(4-1)14-18-7-8-19-15-23-21(28(19)27(18)20)9-10-26-30(23)34-31-22-6-3-12-33-29(22)24-16-32-13-11-25(24)35(26)31/h1-13,16H,14-15H2. The second-order valence-electron chi connectivity index (χ2n) is 9.67. The highest BCUT2D eigenvalue weighted by molar-refractivity contribution is 6.12. The molecule has 0 saturated carbocycles. The van der Waals surface area contributed by atoms with Crippen molar-refractivity contribution in [3.63, 3.8) is 0 Å². The first-order valence-corrected chi connectivity index (χ1v) is 12.0. The van der Waals surface area contributed by atoms with Gasteiger partial charge in [0.2, 0.25) is 0 Å². The summed E-state index contributed by atoms with van der Waals surface area (Å²) in [6, 6.07) is 24.3. The average Bonchev–Trinajstić information content (AvgIpc) is 3.59. The summed E-state index contributed by atoms with van der Waals surface area (Å²) < 4.78 is 2.29. The molecule has 4 nitrogen and oxygen atoms in total. The van der Waals surface area contributed by atoms with Crippen LogP contribution in [0.15, 0.2) is 85.3 Å². The van der Waals surface area contributed by atoms with E-state index < -0.39 is 0 Å². The second kappa shape index (κ2) is 6.10. The van der Waals surface area contributed by atoms with E-state index in [4.69, 9.17) is 9.97 Å². The number of benzene rings is 3. The van der Waals surface area contributed by atoms with Gasteiger partial charge in [-0.2, -0.15) is 0 Å². The van der Waals surface area contributed by atoms with Crippen LogP contribution in [0.25, 0.3) is 60.7 Å². The minimum atomic E-state index is 0.914. The van der Waals surface area contributed by atoms with Crippen molar-refractivity contribution < 1.29 is 0 Å². The molecular weight excluding hydrogens is 428 g/mol. The molecule has 2 aliphatic rings. The van der Waals surface area contributed by atoms with Crippen LogP contribution in [0.5, 0.6) is 0 Å². The molecule has 2 aliphatic carbocycles. The fraction of sp³-hybridized carbons (Fsp3) is 0.0645. The molecule has 0 amide bonds. The molecule has 0 N–H and O–H groups in total. The number of hydrogen-bond donors (Lipinski definition) is 0. The molecule has 0 fully saturated rings. The van der Waals surface area contributed by atoms with Crippen LogP contribution in [0, 0.1) is 0 Å². The van der Waals surface area contributed by atoms with Gasteiger partial charge in [-0.1, -0.05) is 42.5 Å². The molecule has 9 rings (SSSR count). The summed E-state index contributed by atoms with van der Waals surface area (Å²) in [6.07, 6.45) is 7.55. The molecule has 4 heteroatoms. The predicted molar refractivity (Wildman–Crippen MR) is 140 cm³/mol. The van der Waals surface area contributed by atoms with E-state index in [1.165, 1.54) is 44.5 Å². The van der Waals surface area contributed by atoms with Crippen molar-refractivity contribution in [2.75, 3.05) is 0 Å². The van der Waals surface area contributed by atoms with Crippen molar-refractivity contribution in [3.05, 3.63) is 108 Å². The molecule has 0 saturated heterocycles. The van der Waals surface area contributed by atoms with Gasteiger partial charge in [-0.25, -0.2) is 4.98 Å². The Labute approximate surface area is 200 Å². The Bertz CT molecular complexity index is 2070. The minimum Gasteiger partial charge on any atom is -0.291 e. The first-order chi connectivity index (χ1) is 17.4. The molecule has 0 atom stereocenters. The highest BCUT2D eigenvalue weighted by atomic mass is 15.0. The van der Waals surface area contributed by atoms with Crippen molar-refractivity contribution in [2.45, 2.75) is 12.8 Å². The van der Waals surface area contributed by atoms with Crippen molar-refractivity contribution in [3.8, 4) is 22.3 Å². The molecule has 0 bridgehead atoms. The lowest BCUT2D eigenvalue weighted by Crippen LogP contribution is -1.93. The fourth-order valence-electron chi connectivity index (χ4n) is 6.51. The Hall–Kier alpha value is -4.57. The van der Waals surface area contributed by atoms with E-state index >= 15 is 0 Å². The van der Waals surface area contributed by atoms with E-state index in [1.54, 1.807) is 0 Å². The molecule has 4 aromatic heterocycles. The normalized spacial score (nSPS) is 13.5. The SMILES string of the molecule is c1ccc2c(c1)Cc1ccc3c(c1-2)-c1ccc2c(nc4c5cccnc5c5cnccc5n24)c1C3. The van der Waals surface area contributed by atoms with Crippen LogP contribution in [-0.4, -0.2) is 19.4 Å². The van der Waals surface area contributed by atoms with E-state index in [0.29, 0.717) is 0 Å². The Kier molecular flexibility index (Phi) is 3.11. The van der Waals surface area contributed by atoms with E-state index in [1.807, 2.05) is 24.7 Å². The van der Waals surface area contributed by atoms with Gasteiger partial charge in [0.1, 0.15) is 5.65 Å². The smallest absolute Gasteiger partial charge is 0.147 e. The lowest BCUT2D eigenvalue weighted by atomic mass is 9.94. The van der Waals surface area contributed by atoms with Crippen molar-refractivity contribution in [1.29, 1.82) is 0 Å². The van der Waals surface area contributed by atoms with E-state index in [9.17, 15) is 0 Å². The summed E-state index contributed by atoms with van der Waals surface area (Å²) in [5.41, 5.74) is 16.4. The maximum absolute atomic E-state index is 5.29. The van der Waals surface area contributed by atoms with Crippen molar-refractivity contribution in [2.24, 2.45) is 0 Å². The van der Waals surface area contributed by atoms with Gasteiger partial charge in [0.25, 0.3) is 0 Å². The van der Waals surface area contributed by atoms with Gasteiger partial charge >= 0.3 is 0 Å². The topological polar surface area (TPSA) is 43.1 Å². The molecular formula is C31H18N4. The maximum Gasteiger partial charge on any atom is 0.147 e. The molecule has 7 aromatic rings. The molecule has 3 aromatic carbocycles. The van der Waals surface area contributed by atoms with Gasteiger partial charge in [0.05, 0.1) is 22.1 Å². The maximum atomic E-state index is 5.29. The Balaban J connectivity index is 1.42. The zero-order valence-corrected chi connectivity index (χ0v) is 18.8.